The zero-order valence-corrected chi connectivity index (χ0v) is 15.9. The third kappa shape index (κ3) is 5.16. The Labute approximate surface area is 160 Å². The van der Waals surface area contributed by atoms with E-state index in [-0.39, 0.29) is 6.17 Å². The predicted octanol–water partition coefficient (Wildman–Crippen LogP) is 2.52. The molecule has 1 saturated heterocycles. The van der Waals surface area contributed by atoms with Crippen LogP contribution in [0.5, 0.6) is 0 Å². The summed E-state index contributed by atoms with van der Waals surface area (Å²) in [5.74, 6) is 1.50. The highest BCUT2D eigenvalue weighted by molar-refractivity contribution is 5.58. The van der Waals surface area contributed by atoms with E-state index >= 15 is 0 Å². The van der Waals surface area contributed by atoms with Crippen LogP contribution in [-0.4, -0.2) is 35.3 Å². The van der Waals surface area contributed by atoms with Gasteiger partial charge in [0.1, 0.15) is 5.82 Å². The van der Waals surface area contributed by atoms with E-state index in [0.29, 0.717) is 17.6 Å². The first-order chi connectivity index (χ1) is 13.1. The summed E-state index contributed by atoms with van der Waals surface area (Å²) in [4.78, 5) is 11.6. The van der Waals surface area contributed by atoms with Crippen molar-refractivity contribution in [2.45, 2.75) is 45.3 Å². The number of nitriles is 1. The average Bonchev–Trinajstić information content (AvgIpc) is 3.10. The van der Waals surface area contributed by atoms with E-state index in [1.54, 1.807) is 12.1 Å². The van der Waals surface area contributed by atoms with E-state index in [0.717, 1.165) is 49.6 Å². The molecule has 1 aliphatic rings. The van der Waals surface area contributed by atoms with Crippen molar-refractivity contribution in [2.24, 2.45) is 5.73 Å². The number of hydrogen-bond acceptors (Lipinski definition) is 7. The van der Waals surface area contributed by atoms with Gasteiger partial charge in [0, 0.05) is 36.6 Å². The smallest absolute Gasteiger partial charge is 0.229 e. The molecule has 2 unspecified atom stereocenters. The molecule has 142 valence electrons. The van der Waals surface area contributed by atoms with Crippen molar-refractivity contribution in [3.63, 3.8) is 0 Å². The van der Waals surface area contributed by atoms with Crippen molar-refractivity contribution in [3.8, 4) is 6.07 Å². The molecule has 2 heterocycles. The molecular weight excluding hydrogens is 338 g/mol. The fourth-order valence-electron chi connectivity index (χ4n) is 3.36. The summed E-state index contributed by atoms with van der Waals surface area (Å²) >= 11 is 0. The standard InChI is InChI=1S/C20H27N7/c1-3-5-16-11-19(27-9-8-18(13-27)23-14(2)22)26-20(24-16)25-17-7-4-6-15(10-17)12-21/h4,6-7,10-11,14,18,23H,3,5,8-9,13,22H2,1-2H3,(H,24,25,26). The molecule has 4 N–H and O–H groups in total. The van der Waals surface area contributed by atoms with Gasteiger partial charge in [-0.3, -0.25) is 5.32 Å². The van der Waals surface area contributed by atoms with Gasteiger partial charge in [-0.05, 0) is 38.0 Å². The Bertz CT molecular complexity index is 812. The van der Waals surface area contributed by atoms with Gasteiger partial charge in [-0.2, -0.15) is 10.2 Å². The molecule has 7 nitrogen and oxygen atoms in total. The first kappa shape index (κ1) is 19.1. The van der Waals surface area contributed by atoms with Crippen LogP contribution in [0.25, 0.3) is 0 Å². The Morgan fingerprint density at radius 1 is 1.37 bits per heavy atom. The lowest BCUT2D eigenvalue weighted by molar-refractivity contribution is 0.478. The molecule has 0 radical (unpaired) electrons. The normalized spacial score (nSPS) is 17.6. The highest BCUT2D eigenvalue weighted by Crippen LogP contribution is 2.23. The predicted molar refractivity (Wildman–Crippen MR) is 108 cm³/mol. The first-order valence-corrected chi connectivity index (χ1v) is 9.49. The van der Waals surface area contributed by atoms with E-state index in [1.807, 2.05) is 19.1 Å². The van der Waals surface area contributed by atoms with Crippen molar-refractivity contribution in [3.05, 3.63) is 41.6 Å². The largest absolute Gasteiger partial charge is 0.355 e. The van der Waals surface area contributed by atoms with Gasteiger partial charge in [-0.25, -0.2) is 4.98 Å². The molecule has 1 aromatic carbocycles. The van der Waals surface area contributed by atoms with Gasteiger partial charge in [0.2, 0.25) is 5.95 Å². The monoisotopic (exact) mass is 365 g/mol. The Kier molecular flexibility index (Phi) is 6.22. The fourth-order valence-corrected chi connectivity index (χ4v) is 3.36. The zero-order valence-electron chi connectivity index (χ0n) is 15.9. The van der Waals surface area contributed by atoms with Gasteiger partial charge in [-0.1, -0.05) is 19.4 Å². The molecule has 2 atom stereocenters. The lowest BCUT2D eigenvalue weighted by atomic mass is 10.2. The van der Waals surface area contributed by atoms with Crippen molar-refractivity contribution < 1.29 is 0 Å². The van der Waals surface area contributed by atoms with E-state index < -0.39 is 0 Å². The molecule has 0 bridgehead atoms. The Balaban J connectivity index is 1.81. The SMILES string of the molecule is CCCc1cc(N2CCC(NC(C)N)C2)nc(Nc2cccc(C#N)c2)n1. The van der Waals surface area contributed by atoms with E-state index in [2.05, 4.69) is 39.6 Å². The second-order valence-corrected chi connectivity index (χ2v) is 7.00. The number of rotatable bonds is 7. The second-order valence-electron chi connectivity index (χ2n) is 7.00. The van der Waals surface area contributed by atoms with Crippen LogP contribution in [0.15, 0.2) is 30.3 Å². The molecule has 1 aromatic heterocycles. The Morgan fingerprint density at radius 2 is 2.22 bits per heavy atom. The number of nitrogens with one attached hydrogen (secondary N) is 2. The summed E-state index contributed by atoms with van der Waals surface area (Å²) in [6, 6.07) is 11.9. The molecule has 3 rings (SSSR count). The summed E-state index contributed by atoms with van der Waals surface area (Å²) in [6.07, 6.45) is 2.95. The van der Waals surface area contributed by atoms with Gasteiger partial charge >= 0.3 is 0 Å². The lowest BCUT2D eigenvalue weighted by Crippen LogP contribution is -2.43. The summed E-state index contributed by atoms with van der Waals surface area (Å²) < 4.78 is 0. The van der Waals surface area contributed by atoms with Crippen LogP contribution in [0.2, 0.25) is 0 Å². The number of hydrogen-bond donors (Lipinski definition) is 3. The Hall–Kier alpha value is -2.69. The number of nitrogens with zero attached hydrogens (tertiary/aromatic N) is 4. The summed E-state index contributed by atoms with van der Waals surface area (Å²) in [5, 5.41) is 15.7. The maximum Gasteiger partial charge on any atom is 0.229 e. The van der Waals surface area contributed by atoms with Gasteiger partial charge in [0.25, 0.3) is 0 Å². The third-order valence-electron chi connectivity index (χ3n) is 4.53. The van der Waals surface area contributed by atoms with Gasteiger partial charge in [0.15, 0.2) is 0 Å². The van der Waals surface area contributed by atoms with Gasteiger partial charge in [0.05, 0.1) is 17.8 Å². The van der Waals surface area contributed by atoms with Crippen LogP contribution in [0.4, 0.5) is 17.5 Å². The van der Waals surface area contributed by atoms with Crippen molar-refractivity contribution in [2.75, 3.05) is 23.3 Å². The molecule has 2 aromatic rings. The quantitative estimate of drug-likeness (QED) is 0.648. The average molecular weight is 365 g/mol. The van der Waals surface area contributed by atoms with Crippen LogP contribution in [-0.2, 0) is 6.42 Å². The summed E-state index contributed by atoms with van der Waals surface area (Å²) in [5.41, 5.74) is 8.30. The van der Waals surface area contributed by atoms with Crippen molar-refractivity contribution >= 4 is 17.5 Å². The van der Waals surface area contributed by atoms with E-state index in [1.165, 1.54) is 0 Å². The van der Waals surface area contributed by atoms with Crippen LogP contribution in [0.1, 0.15) is 37.9 Å². The minimum absolute atomic E-state index is 0.0133. The molecule has 1 aliphatic heterocycles. The van der Waals surface area contributed by atoms with Crippen molar-refractivity contribution in [1.82, 2.24) is 15.3 Å². The number of aryl methyl sites for hydroxylation is 1. The second kappa shape index (κ2) is 8.80. The minimum Gasteiger partial charge on any atom is -0.355 e. The number of benzene rings is 1. The molecule has 0 aliphatic carbocycles. The molecular formula is C20H27N7. The molecule has 7 heteroatoms. The first-order valence-electron chi connectivity index (χ1n) is 9.49. The van der Waals surface area contributed by atoms with Gasteiger partial charge < -0.3 is 16.0 Å². The molecule has 1 fully saturated rings. The number of aromatic nitrogens is 2. The van der Waals surface area contributed by atoms with Gasteiger partial charge in [-0.15, -0.1) is 0 Å². The fraction of sp³-hybridized carbons (Fsp3) is 0.450. The zero-order chi connectivity index (χ0) is 19.2. The number of anilines is 3. The minimum atomic E-state index is -0.0133. The highest BCUT2D eigenvalue weighted by Gasteiger charge is 2.24. The third-order valence-corrected chi connectivity index (χ3v) is 4.53. The Morgan fingerprint density at radius 3 is 2.96 bits per heavy atom. The molecule has 27 heavy (non-hydrogen) atoms. The van der Waals surface area contributed by atoms with Crippen LogP contribution >= 0.6 is 0 Å². The topological polar surface area (TPSA) is 103 Å². The molecule has 0 saturated carbocycles. The lowest BCUT2D eigenvalue weighted by Gasteiger charge is -2.20. The van der Waals surface area contributed by atoms with Crippen LogP contribution in [0.3, 0.4) is 0 Å². The summed E-state index contributed by atoms with van der Waals surface area (Å²) in [7, 11) is 0. The number of nitrogens with two attached hydrogens (primary N) is 1. The van der Waals surface area contributed by atoms with Crippen LogP contribution in [0, 0.1) is 11.3 Å². The van der Waals surface area contributed by atoms with E-state index in [4.69, 9.17) is 16.0 Å². The maximum absolute atomic E-state index is 9.09. The maximum atomic E-state index is 9.09. The molecule has 0 spiro atoms. The van der Waals surface area contributed by atoms with Crippen molar-refractivity contribution in [1.29, 1.82) is 5.26 Å². The van der Waals surface area contributed by atoms with Crippen LogP contribution < -0.4 is 21.3 Å². The summed E-state index contributed by atoms with van der Waals surface area (Å²) in [6.45, 7) is 5.93. The highest BCUT2D eigenvalue weighted by atomic mass is 15.3. The molecule has 0 amide bonds. The van der Waals surface area contributed by atoms with E-state index in [9.17, 15) is 0 Å².